The summed E-state index contributed by atoms with van der Waals surface area (Å²) in [5.41, 5.74) is 1.65. The summed E-state index contributed by atoms with van der Waals surface area (Å²) in [5, 5.41) is 0. The average Bonchev–Trinajstić information content (AvgIpc) is 2.59. The van der Waals surface area contributed by atoms with Crippen LogP contribution in [0.2, 0.25) is 0 Å². The Hall–Kier alpha value is -1.02. The average molecular weight is 318 g/mol. The third-order valence-corrected chi connectivity index (χ3v) is 5.36. The molecule has 0 amide bonds. The molecule has 1 saturated heterocycles. The molecule has 1 heterocycles. The van der Waals surface area contributed by atoms with Crippen molar-refractivity contribution in [2.75, 3.05) is 26.2 Å². The molecule has 0 atom stereocenters. The van der Waals surface area contributed by atoms with Gasteiger partial charge in [-0.05, 0) is 81.3 Å². The maximum absolute atomic E-state index is 5.89. The molecule has 0 spiro atoms. The van der Waals surface area contributed by atoms with E-state index in [9.17, 15) is 0 Å². The minimum absolute atomic E-state index is 0.257. The van der Waals surface area contributed by atoms with E-state index in [0.29, 0.717) is 0 Å². The van der Waals surface area contributed by atoms with Crippen molar-refractivity contribution < 1.29 is 4.74 Å². The first kappa shape index (κ1) is 18.3. The minimum atomic E-state index is 0.257. The lowest BCUT2D eigenvalue weighted by molar-refractivity contribution is 0.221. The molecule has 0 saturated carbocycles. The van der Waals surface area contributed by atoms with Crippen molar-refractivity contribution in [3.05, 3.63) is 29.8 Å². The quantitative estimate of drug-likeness (QED) is 0.565. The molecule has 23 heavy (non-hydrogen) atoms. The van der Waals surface area contributed by atoms with Crippen molar-refractivity contribution in [3.8, 4) is 5.75 Å². The van der Waals surface area contributed by atoms with Gasteiger partial charge in [0, 0.05) is 0 Å². The summed E-state index contributed by atoms with van der Waals surface area (Å²) in [7, 11) is 0. The van der Waals surface area contributed by atoms with Gasteiger partial charge in [-0.15, -0.1) is 0 Å². The van der Waals surface area contributed by atoms with Gasteiger partial charge in [0.15, 0.2) is 0 Å². The molecular formula is C21H35NO. The van der Waals surface area contributed by atoms with Gasteiger partial charge >= 0.3 is 0 Å². The van der Waals surface area contributed by atoms with Crippen LogP contribution in [0.1, 0.15) is 71.3 Å². The molecule has 0 aliphatic carbocycles. The van der Waals surface area contributed by atoms with E-state index in [0.717, 1.165) is 25.2 Å². The van der Waals surface area contributed by atoms with Crippen LogP contribution in [0.25, 0.3) is 0 Å². The van der Waals surface area contributed by atoms with E-state index in [1.54, 1.807) is 0 Å². The van der Waals surface area contributed by atoms with E-state index < -0.39 is 0 Å². The molecule has 0 unspecified atom stereocenters. The van der Waals surface area contributed by atoms with Crippen LogP contribution in [0.3, 0.4) is 0 Å². The summed E-state index contributed by atoms with van der Waals surface area (Å²) in [4.78, 5) is 2.62. The zero-order valence-corrected chi connectivity index (χ0v) is 15.4. The Morgan fingerprint density at radius 3 is 2.30 bits per heavy atom. The SMILES string of the molecule is CCC(C)(C)c1ccc(OCCCCCN2CCCCC2)cc1. The van der Waals surface area contributed by atoms with E-state index in [2.05, 4.69) is 49.9 Å². The molecule has 2 heteroatoms. The minimum Gasteiger partial charge on any atom is -0.494 e. The molecule has 1 fully saturated rings. The monoisotopic (exact) mass is 317 g/mol. The predicted molar refractivity (Wildman–Crippen MR) is 99.4 cm³/mol. The van der Waals surface area contributed by atoms with Crippen molar-refractivity contribution in [1.29, 1.82) is 0 Å². The summed E-state index contributed by atoms with van der Waals surface area (Å²) in [6.07, 6.45) is 9.13. The molecule has 0 N–H and O–H groups in total. The van der Waals surface area contributed by atoms with Crippen LogP contribution in [0.4, 0.5) is 0 Å². The van der Waals surface area contributed by atoms with Gasteiger partial charge in [-0.1, -0.05) is 39.3 Å². The summed E-state index contributed by atoms with van der Waals surface area (Å²) in [6, 6.07) is 8.69. The van der Waals surface area contributed by atoms with E-state index in [-0.39, 0.29) is 5.41 Å². The molecule has 1 aromatic rings. The zero-order chi connectivity index (χ0) is 16.5. The van der Waals surface area contributed by atoms with E-state index in [1.165, 1.54) is 57.3 Å². The standard InChI is InChI=1S/C21H35NO/c1-4-21(2,3)19-11-13-20(14-12-19)23-18-10-6-9-17-22-15-7-5-8-16-22/h11-14H,4-10,15-18H2,1-3H3. The molecule has 130 valence electrons. The highest BCUT2D eigenvalue weighted by Crippen LogP contribution is 2.28. The second kappa shape index (κ2) is 9.32. The second-order valence-electron chi connectivity index (χ2n) is 7.57. The van der Waals surface area contributed by atoms with Gasteiger partial charge in [0.05, 0.1) is 6.61 Å². The maximum Gasteiger partial charge on any atom is 0.119 e. The van der Waals surface area contributed by atoms with Crippen molar-refractivity contribution in [2.24, 2.45) is 0 Å². The Morgan fingerprint density at radius 1 is 0.957 bits per heavy atom. The molecule has 0 aromatic heterocycles. The number of hydrogen-bond acceptors (Lipinski definition) is 2. The van der Waals surface area contributed by atoms with E-state index >= 15 is 0 Å². The van der Waals surface area contributed by atoms with Gasteiger partial charge in [0.2, 0.25) is 0 Å². The molecule has 0 bridgehead atoms. The van der Waals surface area contributed by atoms with Crippen molar-refractivity contribution in [1.82, 2.24) is 4.90 Å². The van der Waals surface area contributed by atoms with Crippen LogP contribution < -0.4 is 4.74 Å². The number of hydrogen-bond donors (Lipinski definition) is 0. The highest BCUT2D eigenvalue weighted by atomic mass is 16.5. The van der Waals surface area contributed by atoms with Gasteiger partial charge in [-0.3, -0.25) is 0 Å². The van der Waals surface area contributed by atoms with E-state index in [1.807, 2.05) is 0 Å². The van der Waals surface area contributed by atoms with Crippen LogP contribution in [-0.2, 0) is 5.41 Å². The summed E-state index contributed by atoms with van der Waals surface area (Å²) >= 11 is 0. The Bertz CT molecular complexity index is 432. The smallest absolute Gasteiger partial charge is 0.119 e. The predicted octanol–water partition coefficient (Wildman–Crippen LogP) is 5.41. The normalized spacial score (nSPS) is 16.5. The Morgan fingerprint density at radius 2 is 1.65 bits per heavy atom. The van der Waals surface area contributed by atoms with Crippen LogP contribution in [0.5, 0.6) is 5.75 Å². The first-order valence-electron chi connectivity index (χ1n) is 9.57. The Balaban J connectivity index is 1.59. The lowest BCUT2D eigenvalue weighted by atomic mass is 9.82. The number of nitrogens with zero attached hydrogens (tertiary/aromatic N) is 1. The zero-order valence-electron chi connectivity index (χ0n) is 15.4. The fourth-order valence-corrected chi connectivity index (χ4v) is 3.19. The molecule has 2 nitrogen and oxygen atoms in total. The Labute approximate surface area is 143 Å². The molecular weight excluding hydrogens is 282 g/mol. The highest BCUT2D eigenvalue weighted by molar-refractivity contribution is 5.31. The third-order valence-electron chi connectivity index (χ3n) is 5.36. The fraction of sp³-hybridized carbons (Fsp3) is 0.714. The summed E-state index contributed by atoms with van der Waals surface area (Å²) in [5.74, 6) is 1.01. The summed E-state index contributed by atoms with van der Waals surface area (Å²) in [6.45, 7) is 11.6. The first-order valence-corrected chi connectivity index (χ1v) is 9.57. The lowest BCUT2D eigenvalue weighted by Crippen LogP contribution is -2.30. The van der Waals surface area contributed by atoms with E-state index in [4.69, 9.17) is 4.74 Å². The molecule has 1 aromatic carbocycles. The lowest BCUT2D eigenvalue weighted by Gasteiger charge is -2.26. The van der Waals surface area contributed by atoms with Crippen LogP contribution in [-0.4, -0.2) is 31.1 Å². The number of piperidine rings is 1. The number of rotatable bonds is 9. The van der Waals surface area contributed by atoms with Gasteiger partial charge in [-0.2, -0.15) is 0 Å². The number of unbranched alkanes of at least 4 members (excludes halogenated alkanes) is 2. The van der Waals surface area contributed by atoms with Gasteiger partial charge in [0.25, 0.3) is 0 Å². The van der Waals surface area contributed by atoms with Gasteiger partial charge in [0.1, 0.15) is 5.75 Å². The summed E-state index contributed by atoms with van der Waals surface area (Å²) < 4.78 is 5.89. The van der Waals surface area contributed by atoms with Crippen molar-refractivity contribution in [3.63, 3.8) is 0 Å². The van der Waals surface area contributed by atoms with Gasteiger partial charge in [-0.25, -0.2) is 0 Å². The van der Waals surface area contributed by atoms with Crippen molar-refractivity contribution in [2.45, 2.75) is 71.1 Å². The largest absolute Gasteiger partial charge is 0.494 e. The van der Waals surface area contributed by atoms with Crippen LogP contribution >= 0.6 is 0 Å². The molecule has 1 aliphatic rings. The van der Waals surface area contributed by atoms with Crippen LogP contribution in [0, 0.1) is 0 Å². The molecule has 2 rings (SSSR count). The first-order chi connectivity index (χ1) is 11.1. The van der Waals surface area contributed by atoms with Gasteiger partial charge < -0.3 is 9.64 Å². The number of benzene rings is 1. The second-order valence-corrected chi connectivity index (χ2v) is 7.57. The molecule has 1 aliphatic heterocycles. The van der Waals surface area contributed by atoms with Crippen molar-refractivity contribution >= 4 is 0 Å². The fourth-order valence-electron chi connectivity index (χ4n) is 3.19. The number of ether oxygens (including phenoxy) is 1. The van der Waals surface area contributed by atoms with Crippen LogP contribution in [0.15, 0.2) is 24.3 Å². The number of likely N-dealkylation sites (tertiary alicyclic amines) is 1. The highest BCUT2D eigenvalue weighted by Gasteiger charge is 2.17. The third kappa shape index (κ3) is 6.18. The molecule has 0 radical (unpaired) electrons. The Kier molecular flexibility index (Phi) is 7.42. The maximum atomic E-state index is 5.89. The topological polar surface area (TPSA) is 12.5 Å².